The van der Waals surface area contributed by atoms with E-state index >= 15 is 0 Å². The summed E-state index contributed by atoms with van der Waals surface area (Å²) in [6, 6.07) is 4.99. The van der Waals surface area contributed by atoms with E-state index in [1.807, 2.05) is 16.5 Å². The SMILES string of the molecule is CN(C)S(=O)(=O)c1ccc2c(c1)nc(CCC(=O)N1CCCC(N)C1)n2C.Cl. The zero-order valence-electron chi connectivity index (χ0n) is 16.5. The summed E-state index contributed by atoms with van der Waals surface area (Å²) >= 11 is 0. The molecule has 156 valence electrons. The van der Waals surface area contributed by atoms with E-state index in [4.69, 9.17) is 5.73 Å². The Hall–Kier alpha value is -1.68. The third kappa shape index (κ3) is 4.48. The van der Waals surface area contributed by atoms with Crippen molar-refractivity contribution in [3.8, 4) is 0 Å². The van der Waals surface area contributed by atoms with Gasteiger partial charge in [0.15, 0.2) is 0 Å². The van der Waals surface area contributed by atoms with E-state index in [0.29, 0.717) is 24.9 Å². The van der Waals surface area contributed by atoms with Crippen molar-refractivity contribution in [2.45, 2.75) is 36.6 Å². The van der Waals surface area contributed by atoms with Crippen LogP contribution in [-0.4, -0.2) is 66.3 Å². The number of halogens is 1. The summed E-state index contributed by atoms with van der Waals surface area (Å²) in [7, 11) is 1.38. The van der Waals surface area contributed by atoms with Gasteiger partial charge in [0.25, 0.3) is 0 Å². The van der Waals surface area contributed by atoms with Crippen LogP contribution in [0.3, 0.4) is 0 Å². The first-order chi connectivity index (χ1) is 12.7. The molecule has 1 saturated heterocycles. The number of carbonyl (C=O) groups is 1. The highest BCUT2D eigenvalue weighted by molar-refractivity contribution is 7.89. The second kappa shape index (κ2) is 8.77. The van der Waals surface area contributed by atoms with E-state index in [1.54, 1.807) is 18.2 Å². The molecule has 0 bridgehead atoms. The number of nitrogens with two attached hydrogens (primary N) is 1. The first-order valence-electron chi connectivity index (χ1n) is 9.11. The van der Waals surface area contributed by atoms with Crippen molar-refractivity contribution in [3.63, 3.8) is 0 Å². The summed E-state index contributed by atoms with van der Waals surface area (Å²) in [6.07, 6.45) is 2.79. The minimum absolute atomic E-state index is 0. The molecular formula is C18H28ClN5O3S. The Morgan fingerprint density at radius 3 is 2.71 bits per heavy atom. The van der Waals surface area contributed by atoms with Gasteiger partial charge < -0.3 is 15.2 Å². The maximum atomic E-state index is 12.5. The molecule has 2 N–H and O–H groups in total. The highest BCUT2D eigenvalue weighted by atomic mass is 35.5. The average molecular weight is 430 g/mol. The third-order valence-corrected chi connectivity index (χ3v) is 6.91. The fourth-order valence-electron chi connectivity index (χ4n) is 3.44. The number of rotatable bonds is 5. The molecule has 2 heterocycles. The lowest BCUT2D eigenvalue weighted by Crippen LogP contribution is -2.45. The van der Waals surface area contributed by atoms with Crippen molar-refractivity contribution < 1.29 is 13.2 Å². The molecule has 1 aromatic carbocycles. The molecule has 10 heteroatoms. The van der Waals surface area contributed by atoms with Gasteiger partial charge in [-0.3, -0.25) is 4.79 Å². The Morgan fingerprint density at radius 2 is 2.07 bits per heavy atom. The number of amides is 1. The molecule has 0 radical (unpaired) electrons. The van der Waals surface area contributed by atoms with Crippen LogP contribution in [0.15, 0.2) is 23.1 Å². The van der Waals surface area contributed by atoms with Crippen LogP contribution >= 0.6 is 12.4 Å². The minimum atomic E-state index is -3.51. The van der Waals surface area contributed by atoms with Crippen LogP contribution in [0.25, 0.3) is 11.0 Å². The zero-order chi connectivity index (χ0) is 19.8. The molecule has 1 aliphatic heterocycles. The van der Waals surface area contributed by atoms with E-state index in [0.717, 1.165) is 30.7 Å². The number of sulfonamides is 1. The molecule has 0 saturated carbocycles. The van der Waals surface area contributed by atoms with Crippen LogP contribution in [-0.2, 0) is 28.3 Å². The molecule has 1 atom stereocenters. The molecule has 1 aromatic heterocycles. The minimum Gasteiger partial charge on any atom is -0.341 e. The van der Waals surface area contributed by atoms with E-state index in [2.05, 4.69) is 4.98 Å². The number of fused-ring (bicyclic) bond motifs is 1. The molecule has 28 heavy (non-hydrogen) atoms. The van der Waals surface area contributed by atoms with E-state index < -0.39 is 10.0 Å². The standard InChI is InChI=1S/C18H27N5O3S.ClH/c1-21(2)27(25,26)14-6-7-16-15(11-14)20-17(22(16)3)8-9-18(24)23-10-4-5-13(19)12-23;/h6-7,11,13H,4-5,8-10,12,19H2,1-3H3;1H. The number of hydrogen-bond acceptors (Lipinski definition) is 5. The second-order valence-electron chi connectivity index (χ2n) is 7.27. The van der Waals surface area contributed by atoms with E-state index in [-0.39, 0.29) is 29.3 Å². The fourth-order valence-corrected chi connectivity index (χ4v) is 4.36. The van der Waals surface area contributed by atoms with Crippen molar-refractivity contribution in [3.05, 3.63) is 24.0 Å². The van der Waals surface area contributed by atoms with Crippen molar-refractivity contribution in [1.29, 1.82) is 0 Å². The predicted octanol–water partition coefficient (Wildman–Crippen LogP) is 1.13. The molecule has 8 nitrogen and oxygen atoms in total. The lowest BCUT2D eigenvalue weighted by molar-refractivity contribution is -0.132. The molecule has 1 amide bonds. The summed E-state index contributed by atoms with van der Waals surface area (Å²) in [4.78, 5) is 19.1. The molecule has 1 aliphatic rings. The first-order valence-corrected chi connectivity index (χ1v) is 10.6. The lowest BCUT2D eigenvalue weighted by Gasteiger charge is -2.30. The summed E-state index contributed by atoms with van der Waals surface area (Å²) in [5.74, 6) is 0.854. The first kappa shape index (κ1) is 22.6. The Labute approximate surface area is 172 Å². The van der Waals surface area contributed by atoms with Gasteiger partial charge in [0.2, 0.25) is 15.9 Å². The van der Waals surface area contributed by atoms with Gasteiger partial charge in [0.1, 0.15) is 5.82 Å². The highest BCUT2D eigenvalue weighted by Crippen LogP contribution is 2.22. The normalized spacial score (nSPS) is 17.8. The zero-order valence-corrected chi connectivity index (χ0v) is 18.1. The Balaban J connectivity index is 0.00000280. The van der Waals surface area contributed by atoms with Crippen LogP contribution < -0.4 is 5.73 Å². The van der Waals surface area contributed by atoms with Gasteiger partial charge in [0.05, 0.1) is 15.9 Å². The Bertz CT molecular complexity index is 958. The molecule has 3 rings (SSSR count). The number of carbonyl (C=O) groups excluding carboxylic acids is 1. The molecule has 0 spiro atoms. The van der Waals surface area contributed by atoms with Gasteiger partial charge >= 0.3 is 0 Å². The summed E-state index contributed by atoms with van der Waals surface area (Å²) in [5, 5.41) is 0. The van der Waals surface area contributed by atoms with Crippen molar-refractivity contribution in [2.24, 2.45) is 12.8 Å². The Morgan fingerprint density at radius 1 is 1.36 bits per heavy atom. The maximum absolute atomic E-state index is 12.5. The molecule has 1 unspecified atom stereocenters. The van der Waals surface area contributed by atoms with E-state index in [1.165, 1.54) is 18.4 Å². The third-order valence-electron chi connectivity index (χ3n) is 5.10. The van der Waals surface area contributed by atoms with Gasteiger partial charge in [-0.2, -0.15) is 0 Å². The van der Waals surface area contributed by atoms with Crippen LogP contribution in [0.2, 0.25) is 0 Å². The lowest BCUT2D eigenvalue weighted by atomic mass is 10.1. The summed E-state index contributed by atoms with van der Waals surface area (Å²) in [5.41, 5.74) is 7.41. The van der Waals surface area contributed by atoms with Gasteiger partial charge in [0, 0.05) is 53.1 Å². The van der Waals surface area contributed by atoms with Crippen LogP contribution in [0.4, 0.5) is 0 Å². The fraction of sp³-hybridized carbons (Fsp3) is 0.556. The van der Waals surface area contributed by atoms with Crippen molar-refractivity contribution in [1.82, 2.24) is 18.8 Å². The number of imidazole rings is 1. The number of nitrogens with zero attached hydrogens (tertiary/aromatic N) is 4. The number of aromatic nitrogens is 2. The van der Waals surface area contributed by atoms with Crippen LogP contribution in [0.5, 0.6) is 0 Å². The Kier molecular flexibility index (Phi) is 7.08. The molecule has 1 fully saturated rings. The van der Waals surface area contributed by atoms with Gasteiger partial charge in [-0.15, -0.1) is 12.4 Å². The summed E-state index contributed by atoms with van der Waals surface area (Å²) in [6.45, 7) is 1.38. The number of hydrogen-bond donors (Lipinski definition) is 1. The smallest absolute Gasteiger partial charge is 0.242 e. The maximum Gasteiger partial charge on any atom is 0.242 e. The second-order valence-corrected chi connectivity index (χ2v) is 9.42. The molecule has 0 aliphatic carbocycles. The van der Waals surface area contributed by atoms with Gasteiger partial charge in [-0.05, 0) is 31.0 Å². The number of aryl methyl sites for hydroxylation is 2. The van der Waals surface area contributed by atoms with Crippen LogP contribution in [0, 0.1) is 0 Å². The predicted molar refractivity (Wildman–Crippen MR) is 111 cm³/mol. The highest BCUT2D eigenvalue weighted by Gasteiger charge is 2.22. The monoisotopic (exact) mass is 429 g/mol. The molecular weight excluding hydrogens is 402 g/mol. The topological polar surface area (TPSA) is 102 Å². The van der Waals surface area contributed by atoms with Crippen LogP contribution in [0.1, 0.15) is 25.1 Å². The number of piperidine rings is 1. The number of benzene rings is 1. The van der Waals surface area contributed by atoms with Gasteiger partial charge in [-0.1, -0.05) is 0 Å². The van der Waals surface area contributed by atoms with Crippen molar-refractivity contribution in [2.75, 3.05) is 27.2 Å². The van der Waals surface area contributed by atoms with Crippen molar-refractivity contribution >= 4 is 39.4 Å². The quantitative estimate of drug-likeness (QED) is 0.767. The van der Waals surface area contributed by atoms with Gasteiger partial charge in [-0.25, -0.2) is 17.7 Å². The molecule has 2 aromatic rings. The average Bonchev–Trinajstić information content (AvgIpc) is 2.95. The van der Waals surface area contributed by atoms with E-state index in [9.17, 15) is 13.2 Å². The number of likely N-dealkylation sites (tertiary alicyclic amines) is 1. The largest absolute Gasteiger partial charge is 0.341 e. The summed E-state index contributed by atoms with van der Waals surface area (Å²) < 4.78 is 27.7.